The molecule has 3 heterocycles. The third-order valence-electron chi connectivity index (χ3n) is 5.45. The normalized spacial score (nSPS) is 33.0. The molecule has 0 bridgehead atoms. The minimum atomic E-state index is -0.848. The van der Waals surface area contributed by atoms with Gasteiger partial charge in [0.1, 0.15) is 12.2 Å². The largest absolute Gasteiger partial charge is 0.456 e. The van der Waals surface area contributed by atoms with E-state index in [1.165, 1.54) is 0 Å². The zero-order valence-corrected chi connectivity index (χ0v) is 18.0. The van der Waals surface area contributed by atoms with Gasteiger partial charge in [-0.3, -0.25) is 4.79 Å². The van der Waals surface area contributed by atoms with Crippen molar-refractivity contribution in [1.82, 2.24) is 0 Å². The van der Waals surface area contributed by atoms with E-state index in [4.69, 9.17) is 34.0 Å². The van der Waals surface area contributed by atoms with E-state index in [0.29, 0.717) is 6.61 Å². The van der Waals surface area contributed by atoms with Gasteiger partial charge < -0.3 is 28.4 Å². The van der Waals surface area contributed by atoms with Gasteiger partial charge in [-0.2, -0.15) is 0 Å². The molecule has 0 radical (unpaired) electrons. The predicted octanol–water partition coefficient (Wildman–Crippen LogP) is 2.98. The van der Waals surface area contributed by atoms with Crippen LogP contribution in [0.4, 0.5) is 0 Å². The van der Waals surface area contributed by atoms with Crippen molar-refractivity contribution in [3.05, 3.63) is 45.8 Å². The molecular weight excluding hydrogens is 406 g/mol. The Morgan fingerprint density at radius 2 is 1.87 bits per heavy atom. The molecule has 10 nitrogen and oxygen atoms in total. The van der Waals surface area contributed by atoms with Crippen molar-refractivity contribution in [2.45, 2.75) is 82.9 Å². The molecule has 4 rings (SSSR count). The summed E-state index contributed by atoms with van der Waals surface area (Å²) in [5, 5.41) is 3.59. The fourth-order valence-electron chi connectivity index (χ4n) is 4.16. The summed E-state index contributed by atoms with van der Waals surface area (Å²) in [7, 11) is 0. The van der Waals surface area contributed by atoms with Crippen LogP contribution in [0.2, 0.25) is 0 Å². The van der Waals surface area contributed by atoms with E-state index in [-0.39, 0.29) is 13.0 Å². The molecule has 0 amide bonds. The molecule has 1 aromatic carbocycles. The highest BCUT2D eigenvalue weighted by Gasteiger charge is 2.60. The lowest BCUT2D eigenvalue weighted by Crippen LogP contribution is -2.45. The summed E-state index contributed by atoms with van der Waals surface area (Å²) >= 11 is 0. The number of esters is 1. The molecule has 3 aliphatic heterocycles. The number of azide groups is 1. The van der Waals surface area contributed by atoms with E-state index in [2.05, 4.69) is 10.0 Å². The Labute approximate surface area is 180 Å². The van der Waals surface area contributed by atoms with Crippen molar-refractivity contribution in [1.29, 1.82) is 0 Å². The van der Waals surface area contributed by atoms with Crippen molar-refractivity contribution in [2.24, 2.45) is 5.11 Å². The maximum atomic E-state index is 12.9. The lowest BCUT2D eigenvalue weighted by molar-refractivity contribution is -0.235. The first-order valence-corrected chi connectivity index (χ1v) is 10.3. The van der Waals surface area contributed by atoms with E-state index in [0.717, 1.165) is 11.1 Å². The van der Waals surface area contributed by atoms with Crippen LogP contribution in [0.25, 0.3) is 10.4 Å². The van der Waals surface area contributed by atoms with Crippen LogP contribution >= 0.6 is 0 Å². The summed E-state index contributed by atoms with van der Waals surface area (Å²) in [5.74, 6) is -2.04. The number of ether oxygens (including phenoxy) is 6. The molecule has 0 N–H and O–H groups in total. The molecule has 0 saturated carbocycles. The van der Waals surface area contributed by atoms with Crippen LogP contribution in [-0.2, 0) is 46.2 Å². The fraction of sp³-hybridized carbons (Fsp3) is 0.667. The molecule has 31 heavy (non-hydrogen) atoms. The number of hydrogen-bond acceptors (Lipinski definition) is 8. The molecular formula is C21H27N3O7. The van der Waals surface area contributed by atoms with E-state index in [9.17, 15) is 4.79 Å². The van der Waals surface area contributed by atoms with Crippen LogP contribution in [0.15, 0.2) is 29.4 Å². The SMILES string of the molecule is CC1(C)O[C@H]2O[C@H]([C@H]3COC(C)(C)O3)[C@H](OC(=O)Cc3ccccc3CN=[N+]=[N-])[C@H]2O1. The number of carbonyl (C=O) groups excluding carboxylic acids is 1. The summed E-state index contributed by atoms with van der Waals surface area (Å²) < 4.78 is 35.3. The maximum Gasteiger partial charge on any atom is 0.310 e. The summed E-state index contributed by atoms with van der Waals surface area (Å²) in [6.07, 6.45) is -2.94. The number of hydrogen-bond donors (Lipinski definition) is 0. The van der Waals surface area contributed by atoms with E-state index < -0.39 is 48.2 Å². The molecule has 0 spiro atoms. The number of rotatable bonds is 6. The quantitative estimate of drug-likeness (QED) is 0.293. The van der Waals surface area contributed by atoms with Gasteiger partial charge >= 0.3 is 5.97 Å². The Morgan fingerprint density at radius 3 is 2.55 bits per heavy atom. The minimum absolute atomic E-state index is 0.0233. The van der Waals surface area contributed by atoms with Crippen molar-refractivity contribution < 1.29 is 33.2 Å². The molecule has 1 aromatic rings. The fourth-order valence-corrected chi connectivity index (χ4v) is 4.16. The van der Waals surface area contributed by atoms with Crippen LogP contribution in [0.3, 0.4) is 0 Å². The van der Waals surface area contributed by atoms with E-state index >= 15 is 0 Å². The first-order chi connectivity index (χ1) is 14.7. The van der Waals surface area contributed by atoms with Crippen LogP contribution in [0.1, 0.15) is 38.8 Å². The summed E-state index contributed by atoms with van der Waals surface area (Å²) in [4.78, 5) is 15.7. The van der Waals surface area contributed by atoms with Crippen LogP contribution in [-0.4, -0.2) is 54.9 Å². The number of carbonyl (C=O) groups is 1. The Hall–Kier alpha value is -2.20. The first kappa shape index (κ1) is 22.0. The smallest absolute Gasteiger partial charge is 0.310 e. The topological polar surface area (TPSA) is 121 Å². The van der Waals surface area contributed by atoms with Crippen molar-refractivity contribution in [3.8, 4) is 0 Å². The van der Waals surface area contributed by atoms with Gasteiger partial charge in [0, 0.05) is 4.91 Å². The van der Waals surface area contributed by atoms with Gasteiger partial charge in [0.15, 0.2) is 30.1 Å². The van der Waals surface area contributed by atoms with Gasteiger partial charge in [0.05, 0.1) is 19.6 Å². The lowest BCUT2D eigenvalue weighted by atomic mass is 10.0. The van der Waals surface area contributed by atoms with Gasteiger partial charge in [-0.15, -0.1) is 0 Å². The Morgan fingerprint density at radius 1 is 1.13 bits per heavy atom. The van der Waals surface area contributed by atoms with Gasteiger partial charge in [-0.05, 0) is 44.4 Å². The van der Waals surface area contributed by atoms with Crippen LogP contribution in [0.5, 0.6) is 0 Å². The summed E-state index contributed by atoms with van der Waals surface area (Å²) in [6.45, 7) is 7.68. The third-order valence-corrected chi connectivity index (χ3v) is 5.45. The molecule has 0 unspecified atom stereocenters. The second-order valence-corrected chi connectivity index (χ2v) is 8.73. The van der Waals surface area contributed by atoms with Gasteiger partial charge in [-0.25, -0.2) is 0 Å². The van der Waals surface area contributed by atoms with Crippen LogP contribution in [0, 0.1) is 0 Å². The molecule has 3 saturated heterocycles. The lowest BCUT2D eigenvalue weighted by Gasteiger charge is -2.28. The molecule has 3 aliphatic rings. The molecule has 10 heteroatoms. The van der Waals surface area contributed by atoms with Crippen LogP contribution < -0.4 is 0 Å². The number of benzene rings is 1. The highest BCUT2D eigenvalue weighted by atomic mass is 16.8. The highest BCUT2D eigenvalue weighted by Crippen LogP contribution is 2.42. The summed E-state index contributed by atoms with van der Waals surface area (Å²) in [5.41, 5.74) is 10.1. The minimum Gasteiger partial charge on any atom is -0.456 e. The standard InChI is InChI=1S/C21H27N3O7/c1-20(2)26-11-14(29-20)16-17(18-19(28-16)31-21(3,4)30-18)27-15(25)9-12-7-5-6-8-13(12)10-23-24-22/h5-8,14,16-19H,9-11H2,1-4H3/t14-,16-,17+,18-,19-/m1/s1. The average Bonchev–Trinajstić information content (AvgIpc) is 3.31. The Bertz CT molecular complexity index is 883. The second-order valence-electron chi connectivity index (χ2n) is 8.73. The number of nitrogens with zero attached hydrogens (tertiary/aromatic N) is 3. The van der Waals surface area contributed by atoms with Gasteiger partial charge in [-0.1, -0.05) is 29.4 Å². The maximum absolute atomic E-state index is 12.9. The molecule has 3 fully saturated rings. The van der Waals surface area contributed by atoms with Crippen molar-refractivity contribution in [3.63, 3.8) is 0 Å². The van der Waals surface area contributed by atoms with E-state index in [1.807, 2.05) is 38.1 Å². The Kier molecular flexibility index (Phi) is 5.95. The molecule has 168 valence electrons. The zero-order chi connectivity index (χ0) is 22.2. The molecule has 5 atom stereocenters. The first-order valence-electron chi connectivity index (χ1n) is 10.3. The highest BCUT2D eigenvalue weighted by molar-refractivity contribution is 5.73. The van der Waals surface area contributed by atoms with Gasteiger partial charge in [0.25, 0.3) is 0 Å². The van der Waals surface area contributed by atoms with Crippen molar-refractivity contribution >= 4 is 5.97 Å². The monoisotopic (exact) mass is 433 g/mol. The third kappa shape index (κ3) is 4.85. The summed E-state index contributed by atoms with van der Waals surface area (Å²) in [6, 6.07) is 7.27. The predicted molar refractivity (Wildman–Crippen MR) is 106 cm³/mol. The van der Waals surface area contributed by atoms with Gasteiger partial charge in [0.2, 0.25) is 0 Å². The Balaban J connectivity index is 1.50. The van der Waals surface area contributed by atoms with E-state index in [1.54, 1.807) is 13.8 Å². The second kappa shape index (κ2) is 8.38. The zero-order valence-electron chi connectivity index (χ0n) is 18.0. The molecule has 0 aromatic heterocycles. The van der Waals surface area contributed by atoms with Crippen molar-refractivity contribution in [2.75, 3.05) is 6.61 Å². The number of fused-ring (bicyclic) bond motifs is 1. The molecule has 0 aliphatic carbocycles. The average molecular weight is 433 g/mol.